The van der Waals surface area contributed by atoms with Crippen molar-refractivity contribution in [2.24, 2.45) is 0 Å². The van der Waals surface area contributed by atoms with E-state index in [1.54, 1.807) is 19.1 Å². The molecule has 0 bridgehead atoms. The van der Waals surface area contributed by atoms with Crippen molar-refractivity contribution in [2.45, 2.75) is 38.6 Å². The van der Waals surface area contributed by atoms with Crippen LogP contribution in [-0.4, -0.2) is 5.91 Å². The van der Waals surface area contributed by atoms with Gasteiger partial charge in [-0.3, -0.25) is 4.79 Å². The van der Waals surface area contributed by atoms with Gasteiger partial charge in [0.05, 0.1) is 10.9 Å². The fourth-order valence-electron chi connectivity index (χ4n) is 2.08. The second kappa shape index (κ2) is 5.94. The molecular formula is C17H20ClNO2. The summed E-state index contributed by atoms with van der Waals surface area (Å²) in [7, 11) is 0. The summed E-state index contributed by atoms with van der Waals surface area (Å²) in [6.45, 7) is 7.76. The number of alkyl halides is 1. The lowest BCUT2D eigenvalue weighted by atomic mass is 9.93. The smallest absolute Gasteiger partial charge is 0.287 e. The molecule has 21 heavy (non-hydrogen) atoms. The van der Waals surface area contributed by atoms with Crippen molar-refractivity contribution in [3.8, 4) is 0 Å². The van der Waals surface area contributed by atoms with Gasteiger partial charge in [0.2, 0.25) is 0 Å². The molecule has 0 spiro atoms. The van der Waals surface area contributed by atoms with Crippen LogP contribution in [0.5, 0.6) is 0 Å². The summed E-state index contributed by atoms with van der Waals surface area (Å²) < 4.78 is 5.46. The molecule has 112 valence electrons. The summed E-state index contributed by atoms with van der Waals surface area (Å²) in [5.41, 5.74) is 1.75. The van der Waals surface area contributed by atoms with Crippen LogP contribution in [0, 0.1) is 6.92 Å². The Bertz CT molecular complexity index is 626. The van der Waals surface area contributed by atoms with Gasteiger partial charge in [-0.15, -0.1) is 11.6 Å². The molecule has 0 aliphatic heterocycles. The Morgan fingerprint density at radius 3 is 2.33 bits per heavy atom. The molecule has 0 aliphatic carbocycles. The molecule has 1 aromatic heterocycles. The van der Waals surface area contributed by atoms with Crippen LogP contribution in [0.3, 0.4) is 0 Å². The van der Waals surface area contributed by atoms with E-state index in [0.717, 1.165) is 5.56 Å². The second-order valence-corrected chi connectivity index (χ2v) is 6.42. The molecule has 0 aliphatic rings. The second-order valence-electron chi connectivity index (χ2n) is 5.76. The lowest BCUT2D eigenvalue weighted by Gasteiger charge is -2.26. The third-order valence-corrected chi connectivity index (χ3v) is 3.66. The predicted octanol–water partition coefficient (Wildman–Crippen LogP) is 4.55. The highest BCUT2D eigenvalue weighted by Crippen LogP contribution is 2.24. The normalized spacial score (nSPS) is 13.0. The van der Waals surface area contributed by atoms with Crippen LogP contribution in [0.4, 0.5) is 0 Å². The molecule has 1 atom stereocenters. The van der Waals surface area contributed by atoms with Gasteiger partial charge in [-0.2, -0.15) is 0 Å². The number of carbonyl (C=O) groups is 1. The molecule has 0 saturated heterocycles. The molecule has 0 saturated carbocycles. The minimum absolute atomic E-state index is 0.246. The average molecular weight is 306 g/mol. The van der Waals surface area contributed by atoms with E-state index in [1.807, 2.05) is 45.0 Å². The van der Waals surface area contributed by atoms with Crippen LogP contribution in [0.2, 0.25) is 0 Å². The van der Waals surface area contributed by atoms with Crippen molar-refractivity contribution in [2.75, 3.05) is 0 Å². The lowest BCUT2D eigenvalue weighted by molar-refractivity contribution is 0.0881. The summed E-state index contributed by atoms with van der Waals surface area (Å²) in [6.07, 6.45) is 0. The van der Waals surface area contributed by atoms with Crippen LogP contribution in [-0.2, 0) is 5.54 Å². The van der Waals surface area contributed by atoms with Crippen molar-refractivity contribution in [1.82, 2.24) is 5.32 Å². The average Bonchev–Trinajstić information content (AvgIpc) is 2.88. The molecule has 1 heterocycles. The highest BCUT2D eigenvalue weighted by atomic mass is 35.5. The van der Waals surface area contributed by atoms with E-state index in [2.05, 4.69) is 5.32 Å². The monoisotopic (exact) mass is 305 g/mol. The maximum atomic E-state index is 12.3. The van der Waals surface area contributed by atoms with Crippen LogP contribution in [0.25, 0.3) is 0 Å². The van der Waals surface area contributed by atoms with Gasteiger partial charge in [-0.05, 0) is 45.4 Å². The Kier molecular flexibility index (Phi) is 4.43. The summed E-state index contributed by atoms with van der Waals surface area (Å²) in [5, 5.41) is 2.73. The maximum Gasteiger partial charge on any atom is 0.287 e. The first kappa shape index (κ1) is 15.6. The number of aryl methyl sites for hydroxylation is 1. The molecule has 1 amide bonds. The summed E-state index contributed by atoms with van der Waals surface area (Å²) in [5.74, 6) is 0.622. The molecule has 3 nitrogen and oxygen atoms in total. The van der Waals surface area contributed by atoms with E-state index in [4.69, 9.17) is 16.0 Å². The third-order valence-electron chi connectivity index (χ3n) is 3.44. The molecule has 1 aromatic carbocycles. The quantitative estimate of drug-likeness (QED) is 0.842. The van der Waals surface area contributed by atoms with Crippen molar-refractivity contribution < 1.29 is 9.21 Å². The maximum absolute atomic E-state index is 12.3. The number of furan rings is 1. The Labute approximate surface area is 130 Å². The SMILES string of the molecule is Cc1ccc(C(C)(C)NC(=O)c2ccc(C(C)Cl)o2)cc1. The summed E-state index contributed by atoms with van der Waals surface area (Å²) in [4.78, 5) is 12.3. The Morgan fingerprint density at radius 1 is 1.19 bits per heavy atom. The van der Waals surface area contributed by atoms with Gasteiger partial charge in [-0.25, -0.2) is 0 Å². The molecule has 4 heteroatoms. The van der Waals surface area contributed by atoms with Gasteiger partial charge in [0.15, 0.2) is 5.76 Å². The van der Waals surface area contributed by atoms with Crippen molar-refractivity contribution in [3.05, 3.63) is 59.0 Å². The Morgan fingerprint density at radius 2 is 1.81 bits per heavy atom. The van der Waals surface area contributed by atoms with E-state index in [1.165, 1.54) is 5.56 Å². The number of hydrogen-bond donors (Lipinski definition) is 1. The molecule has 0 fully saturated rings. The number of amides is 1. The van der Waals surface area contributed by atoms with Crippen molar-refractivity contribution >= 4 is 17.5 Å². The first-order valence-electron chi connectivity index (χ1n) is 6.93. The number of nitrogens with one attached hydrogen (secondary N) is 1. The van der Waals surface area contributed by atoms with E-state index >= 15 is 0 Å². The van der Waals surface area contributed by atoms with Crippen LogP contribution < -0.4 is 5.32 Å². The Hall–Kier alpha value is -1.74. The number of rotatable bonds is 4. The molecule has 1 unspecified atom stereocenters. The topological polar surface area (TPSA) is 42.2 Å². The molecule has 2 aromatic rings. The van der Waals surface area contributed by atoms with E-state index in [9.17, 15) is 4.79 Å². The minimum Gasteiger partial charge on any atom is -0.454 e. The fourth-order valence-corrected chi connectivity index (χ4v) is 2.19. The van der Waals surface area contributed by atoms with E-state index in [0.29, 0.717) is 5.76 Å². The fraction of sp³-hybridized carbons (Fsp3) is 0.353. The highest BCUT2D eigenvalue weighted by molar-refractivity contribution is 6.20. The largest absolute Gasteiger partial charge is 0.454 e. The lowest BCUT2D eigenvalue weighted by Crippen LogP contribution is -2.40. The number of benzene rings is 1. The highest BCUT2D eigenvalue weighted by Gasteiger charge is 2.25. The number of halogens is 1. The van der Waals surface area contributed by atoms with E-state index in [-0.39, 0.29) is 17.0 Å². The standard InChI is InChI=1S/C17H20ClNO2/c1-11-5-7-13(8-6-11)17(3,4)19-16(20)15-10-9-14(21-15)12(2)18/h5-10,12H,1-4H3,(H,19,20). The minimum atomic E-state index is -0.482. The van der Waals surface area contributed by atoms with Crippen LogP contribution >= 0.6 is 11.6 Å². The Balaban J connectivity index is 2.15. The third kappa shape index (κ3) is 3.67. The first-order valence-corrected chi connectivity index (χ1v) is 7.37. The van der Waals surface area contributed by atoms with Gasteiger partial charge < -0.3 is 9.73 Å². The first-order chi connectivity index (χ1) is 9.79. The number of carbonyl (C=O) groups excluding carboxylic acids is 1. The van der Waals surface area contributed by atoms with Gasteiger partial charge >= 0.3 is 0 Å². The van der Waals surface area contributed by atoms with Crippen molar-refractivity contribution in [1.29, 1.82) is 0 Å². The van der Waals surface area contributed by atoms with Crippen LogP contribution in [0.15, 0.2) is 40.8 Å². The molecular weight excluding hydrogens is 286 g/mol. The van der Waals surface area contributed by atoms with Crippen LogP contribution in [0.1, 0.15) is 53.6 Å². The zero-order chi connectivity index (χ0) is 15.6. The van der Waals surface area contributed by atoms with Gasteiger partial charge in [0.25, 0.3) is 5.91 Å². The number of hydrogen-bond acceptors (Lipinski definition) is 2. The van der Waals surface area contributed by atoms with Crippen molar-refractivity contribution in [3.63, 3.8) is 0 Å². The van der Waals surface area contributed by atoms with Gasteiger partial charge in [0.1, 0.15) is 5.76 Å². The summed E-state index contributed by atoms with van der Waals surface area (Å²) >= 11 is 5.94. The zero-order valence-corrected chi connectivity index (χ0v) is 13.5. The molecule has 2 rings (SSSR count). The molecule has 0 radical (unpaired) electrons. The molecule has 1 N–H and O–H groups in total. The van der Waals surface area contributed by atoms with Gasteiger partial charge in [0, 0.05) is 0 Å². The van der Waals surface area contributed by atoms with Gasteiger partial charge in [-0.1, -0.05) is 29.8 Å². The van der Waals surface area contributed by atoms with E-state index < -0.39 is 5.54 Å². The predicted molar refractivity (Wildman–Crippen MR) is 84.6 cm³/mol. The zero-order valence-electron chi connectivity index (χ0n) is 12.7. The summed E-state index contributed by atoms with van der Waals surface area (Å²) in [6, 6.07) is 11.5.